The Balaban J connectivity index is 1.53. The maximum atomic E-state index is 12.4. The molecule has 0 bridgehead atoms. The molecule has 0 unspecified atom stereocenters. The number of amides is 1. The van der Waals surface area contributed by atoms with Crippen LogP contribution < -0.4 is 5.32 Å². The normalized spacial score (nSPS) is 14.0. The number of aromatic nitrogens is 4. The molecule has 0 fully saturated rings. The Morgan fingerprint density at radius 3 is 3.00 bits per heavy atom. The van der Waals surface area contributed by atoms with Crippen LogP contribution in [0, 0.1) is 0 Å². The second-order valence-electron chi connectivity index (χ2n) is 5.80. The standard InChI is InChI=1S/C19H17N5O2/c1-2-24-11-9-15(23-24)18(25)21-14-7-4-3-6-13(12-14)19-22-17-16(26-19)8-5-10-20-17/h3-11H,2,12H2,1H3,(H,21,25). The van der Waals surface area contributed by atoms with Crippen molar-refractivity contribution >= 4 is 22.7 Å². The van der Waals surface area contributed by atoms with Gasteiger partial charge in [0.1, 0.15) is 0 Å². The highest BCUT2D eigenvalue weighted by molar-refractivity contribution is 5.93. The molecule has 1 aliphatic carbocycles. The average Bonchev–Trinajstić information content (AvgIpc) is 3.24. The van der Waals surface area contributed by atoms with Gasteiger partial charge in [0, 0.05) is 36.6 Å². The summed E-state index contributed by atoms with van der Waals surface area (Å²) in [5.74, 6) is 0.262. The summed E-state index contributed by atoms with van der Waals surface area (Å²) < 4.78 is 7.50. The van der Waals surface area contributed by atoms with Crippen molar-refractivity contribution in [3.05, 3.63) is 72.2 Å². The topological polar surface area (TPSA) is 85.8 Å². The molecule has 1 aliphatic rings. The van der Waals surface area contributed by atoms with Gasteiger partial charge in [-0.2, -0.15) is 10.1 Å². The van der Waals surface area contributed by atoms with Crippen molar-refractivity contribution in [1.29, 1.82) is 0 Å². The lowest BCUT2D eigenvalue weighted by Crippen LogP contribution is -2.23. The van der Waals surface area contributed by atoms with E-state index in [4.69, 9.17) is 4.42 Å². The molecular formula is C19H17N5O2. The summed E-state index contributed by atoms with van der Waals surface area (Å²) in [6, 6.07) is 5.34. The highest BCUT2D eigenvalue weighted by atomic mass is 16.3. The van der Waals surface area contributed by atoms with Crippen molar-refractivity contribution in [3.8, 4) is 0 Å². The van der Waals surface area contributed by atoms with Crippen LogP contribution in [0.1, 0.15) is 29.7 Å². The van der Waals surface area contributed by atoms with E-state index in [0.29, 0.717) is 29.2 Å². The van der Waals surface area contributed by atoms with Crippen molar-refractivity contribution in [2.75, 3.05) is 0 Å². The van der Waals surface area contributed by atoms with Crippen LogP contribution in [0.5, 0.6) is 0 Å². The number of pyridine rings is 1. The minimum Gasteiger partial charge on any atom is -0.435 e. The Hall–Kier alpha value is -3.48. The first-order valence-electron chi connectivity index (χ1n) is 8.36. The van der Waals surface area contributed by atoms with Gasteiger partial charge in [-0.25, -0.2) is 4.98 Å². The van der Waals surface area contributed by atoms with E-state index in [2.05, 4.69) is 20.4 Å². The van der Waals surface area contributed by atoms with E-state index in [1.807, 2.05) is 37.3 Å². The molecule has 1 amide bonds. The smallest absolute Gasteiger partial charge is 0.275 e. The lowest BCUT2D eigenvalue weighted by atomic mass is 10.1. The quantitative estimate of drug-likeness (QED) is 0.784. The summed E-state index contributed by atoms with van der Waals surface area (Å²) in [4.78, 5) is 21.0. The minimum absolute atomic E-state index is 0.239. The summed E-state index contributed by atoms with van der Waals surface area (Å²) in [6.45, 7) is 2.69. The van der Waals surface area contributed by atoms with Crippen LogP contribution in [0.2, 0.25) is 0 Å². The number of hydrogen-bond donors (Lipinski definition) is 1. The molecule has 0 radical (unpaired) electrons. The van der Waals surface area contributed by atoms with Crippen molar-refractivity contribution in [3.63, 3.8) is 0 Å². The van der Waals surface area contributed by atoms with Crippen LogP contribution in [-0.2, 0) is 6.54 Å². The van der Waals surface area contributed by atoms with Crippen LogP contribution >= 0.6 is 0 Å². The second-order valence-corrected chi connectivity index (χ2v) is 5.80. The Morgan fingerprint density at radius 1 is 1.31 bits per heavy atom. The zero-order valence-corrected chi connectivity index (χ0v) is 14.2. The largest absolute Gasteiger partial charge is 0.435 e. The molecule has 7 heteroatoms. The van der Waals surface area contributed by atoms with Gasteiger partial charge in [-0.05, 0) is 31.2 Å². The number of allylic oxidation sites excluding steroid dienone is 5. The number of aryl methyl sites for hydroxylation is 1. The number of nitrogens with one attached hydrogen (secondary N) is 1. The summed E-state index contributed by atoms with van der Waals surface area (Å²) in [6.07, 6.45) is 11.5. The zero-order valence-electron chi connectivity index (χ0n) is 14.2. The number of nitrogens with zero attached hydrogens (tertiary/aromatic N) is 4. The molecule has 3 heterocycles. The van der Waals surface area contributed by atoms with Crippen LogP contribution in [0.3, 0.4) is 0 Å². The molecule has 0 atom stereocenters. The van der Waals surface area contributed by atoms with E-state index in [1.165, 1.54) is 0 Å². The number of carbonyl (C=O) groups excluding carboxylic acids is 1. The molecule has 1 N–H and O–H groups in total. The van der Waals surface area contributed by atoms with Gasteiger partial charge in [0.2, 0.25) is 5.89 Å². The second kappa shape index (κ2) is 6.79. The summed E-state index contributed by atoms with van der Waals surface area (Å²) in [5.41, 5.74) is 3.20. The van der Waals surface area contributed by atoms with E-state index >= 15 is 0 Å². The molecule has 0 spiro atoms. The third-order valence-electron chi connectivity index (χ3n) is 4.00. The number of hydrogen-bond acceptors (Lipinski definition) is 5. The zero-order chi connectivity index (χ0) is 17.9. The van der Waals surface area contributed by atoms with E-state index in [0.717, 1.165) is 17.8 Å². The van der Waals surface area contributed by atoms with Gasteiger partial charge >= 0.3 is 0 Å². The van der Waals surface area contributed by atoms with E-state index < -0.39 is 0 Å². The maximum Gasteiger partial charge on any atom is 0.275 e. The molecule has 0 saturated carbocycles. The van der Waals surface area contributed by atoms with Gasteiger partial charge < -0.3 is 9.73 Å². The van der Waals surface area contributed by atoms with Gasteiger partial charge in [-0.1, -0.05) is 18.2 Å². The average molecular weight is 347 g/mol. The molecule has 0 saturated heterocycles. The number of carbonyl (C=O) groups is 1. The summed E-state index contributed by atoms with van der Waals surface area (Å²) >= 11 is 0. The lowest BCUT2D eigenvalue weighted by Gasteiger charge is -2.08. The van der Waals surface area contributed by atoms with Crippen molar-refractivity contribution in [1.82, 2.24) is 25.1 Å². The number of fused-ring (bicyclic) bond motifs is 1. The van der Waals surface area contributed by atoms with Crippen molar-refractivity contribution in [2.45, 2.75) is 19.9 Å². The van der Waals surface area contributed by atoms with Gasteiger partial charge in [0.05, 0.1) is 0 Å². The summed E-state index contributed by atoms with van der Waals surface area (Å²) in [7, 11) is 0. The molecular weight excluding hydrogens is 330 g/mol. The van der Waals surface area contributed by atoms with Crippen LogP contribution in [0.15, 0.2) is 65.0 Å². The predicted molar refractivity (Wildman–Crippen MR) is 97.0 cm³/mol. The molecule has 7 nitrogen and oxygen atoms in total. The molecule has 26 heavy (non-hydrogen) atoms. The fourth-order valence-corrected chi connectivity index (χ4v) is 2.67. The number of oxazole rings is 1. The van der Waals surface area contributed by atoms with Crippen LogP contribution in [0.4, 0.5) is 0 Å². The highest BCUT2D eigenvalue weighted by Gasteiger charge is 2.16. The van der Waals surface area contributed by atoms with E-state index in [1.54, 1.807) is 29.2 Å². The fraction of sp³-hybridized carbons (Fsp3) is 0.158. The Bertz CT molecular complexity index is 1020. The van der Waals surface area contributed by atoms with Crippen molar-refractivity contribution in [2.24, 2.45) is 0 Å². The van der Waals surface area contributed by atoms with Gasteiger partial charge in [-0.3, -0.25) is 9.48 Å². The van der Waals surface area contributed by atoms with Crippen LogP contribution in [-0.4, -0.2) is 25.7 Å². The molecule has 3 aromatic heterocycles. The molecule has 4 rings (SSSR count). The SMILES string of the molecule is CCn1ccc(C(=O)NC2=CC=CC=C(c3nc4ncccc4o3)C2)n1. The monoisotopic (exact) mass is 347 g/mol. The summed E-state index contributed by atoms with van der Waals surface area (Å²) in [5, 5.41) is 7.14. The first-order valence-corrected chi connectivity index (χ1v) is 8.36. The Morgan fingerprint density at radius 2 is 2.19 bits per heavy atom. The van der Waals surface area contributed by atoms with Gasteiger partial charge in [0.25, 0.3) is 5.91 Å². The Kier molecular flexibility index (Phi) is 4.18. The first kappa shape index (κ1) is 16.0. The first-order chi connectivity index (χ1) is 12.7. The van der Waals surface area contributed by atoms with Gasteiger partial charge in [0.15, 0.2) is 16.9 Å². The third kappa shape index (κ3) is 3.19. The van der Waals surface area contributed by atoms with Crippen molar-refractivity contribution < 1.29 is 9.21 Å². The van der Waals surface area contributed by atoms with Crippen LogP contribution in [0.25, 0.3) is 16.8 Å². The lowest BCUT2D eigenvalue weighted by molar-refractivity contribution is 0.0959. The molecule has 130 valence electrons. The fourth-order valence-electron chi connectivity index (χ4n) is 2.67. The van der Waals surface area contributed by atoms with E-state index in [-0.39, 0.29) is 5.91 Å². The number of rotatable bonds is 4. The van der Waals surface area contributed by atoms with Gasteiger partial charge in [-0.15, -0.1) is 0 Å². The third-order valence-corrected chi connectivity index (χ3v) is 4.00. The minimum atomic E-state index is -0.239. The molecule has 0 aromatic carbocycles. The molecule has 3 aromatic rings. The predicted octanol–water partition coefficient (Wildman–Crippen LogP) is 3.10. The highest BCUT2D eigenvalue weighted by Crippen LogP contribution is 2.25. The Labute approximate surface area is 149 Å². The maximum absolute atomic E-state index is 12.4. The molecule has 0 aliphatic heterocycles. The van der Waals surface area contributed by atoms with E-state index in [9.17, 15) is 4.79 Å².